The van der Waals surface area contributed by atoms with Crippen LogP contribution in [-0.2, 0) is 30.6 Å². The minimum Gasteiger partial charge on any atom is -0.364 e. The Bertz CT molecular complexity index is 766. The summed E-state index contributed by atoms with van der Waals surface area (Å²) >= 11 is 0. The summed E-state index contributed by atoms with van der Waals surface area (Å²) < 4.78 is 12.8. The lowest BCUT2D eigenvalue weighted by atomic mass is 9.94. The van der Waals surface area contributed by atoms with Crippen molar-refractivity contribution in [2.45, 2.75) is 38.6 Å². The van der Waals surface area contributed by atoms with Crippen LogP contribution in [-0.4, -0.2) is 10.9 Å². The average molecular weight is 314 g/mol. The fourth-order valence-electron chi connectivity index (χ4n) is 2.92. The first-order chi connectivity index (χ1) is 11.1. The van der Waals surface area contributed by atoms with Crippen molar-refractivity contribution in [3.8, 4) is 0 Å². The molecule has 0 aliphatic heterocycles. The number of hydrogen-bond acceptors (Lipinski definition) is 2. The van der Waals surface area contributed by atoms with Crippen molar-refractivity contribution in [2.24, 2.45) is 0 Å². The molecule has 1 aromatic heterocycles. The molecule has 1 aliphatic rings. The van der Waals surface area contributed by atoms with Gasteiger partial charge in [-0.2, -0.15) is 0 Å². The highest BCUT2D eigenvalue weighted by Crippen LogP contribution is 2.16. The number of halogens is 1. The van der Waals surface area contributed by atoms with Gasteiger partial charge in [-0.1, -0.05) is 12.1 Å². The standard InChI is InChI=1S/C18H19FN2O2/c19-14-7-5-12(6-8-14)10-21-17(22)9-13-11-20-16-4-2-1-3-15(16)18(13)23/h5-8,11H,1-4,9-10H2,(H,20,23)(H,21,22). The Kier molecular flexibility index (Phi) is 4.55. The van der Waals surface area contributed by atoms with Gasteiger partial charge in [-0.25, -0.2) is 4.39 Å². The van der Waals surface area contributed by atoms with E-state index in [-0.39, 0.29) is 23.6 Å². The zero-order chi connectivity index (χ0) is 16.2. The molecule has 1 aliphatic carbocycles. The third-order valence-corrected chi connectivity index (χ3v) is 4.21. The Morgan fingerprint density at radius 2 is 1.91 bits per heavy atom. The molecule has 0 fully saturated rings. The molecule has 0 atom stereocenters. The Labute approximate surface area is 133 Å². The molecule has 23 heavy (non-hydrogen) atoms. The summed E-state index contributed by atoms with van der Waals surface area (Å²) in [4.78, 5) is 27.6. The third kappa shape index (κ3) is 3.67. The van der Waals surface area contributed by atoms with Crippen LogP contribution in [0.1, 0.15) is 35.2 Å². The number of rotatable bonds is 4. The van der Waals surface area contributed by atoms with E-state index in [0.717, 1.165) is 42.5 Å². The van der Waals surface area contributed by atoms with Gasteiger partial charge in [-0.15, -0.1) is 0 Å². The molecule has 0 bridgehead atoms. The molecule has 3 rings (SSSR count). The molecule has 0 spiro atoms. The second kappa shape index (κ2) is 6.77. The molecule has 0 unspecified atom stereocenters. The largest absolute Gasteiger partial charge is 0.364 e. The number of hydrogen-bond donors (Lipinski definition) is 2. The molecule has 0 radical (unpaired) electrons. The van der Waals surface area contributed by atoms with Crippen LogP contribution in [0.4, 0.5) is 4.39 Å². The van der Waals surface area contributed by atoms with Crippen LogP contribution in [0.2, 0.25) is 0 Å². The number of carbonyl (C=O) groups is 1. The van der Waals surface area contributed by atoms with Crippen molar-refractivity contribution in [3.05, 3.63) is 68.9 Å². The number of aromatic nitrogens is 1. The molecule has 1 aromatic carbocycles. The van der Waals surface area contributed by atoms with Crippen molar-refractivity contribution in [1.82, 2.24) is 10.3 Å². The van der Waals surface area contributed by atoms with E-state index in [9.17, 15) is 14.0 Å². The maximum absolute atomic E-state index is 12.8. The van der Waals surface area contributed by atoms with Gasteiger partial charge in [0.25, 0.3) is 0 Å². The third-order valence-electron chi connectivity index (χ3n) is 4.21. The number of carbonyl (C=O) groups excluding carboxylic acids is 1. The fraction of sp³-hybridized carbons (Fsp3) is 0.333. The molecule has 1 heterocycles. The number of fused-ring (bicyclic) bond motifs is 1. The lowest BCUT2D eigenvalue weighted by Crippen LogP contribution is -2.29. The number of benzene rings is 1. The normalized spacial score (nSPS) is 13.4. The van der Waals surface area contributed by atoms with E-state index < -0.39 is 0 Å². The molecule has 5 heteroatoms. The molecule has 4 nitrogen and oxygen atoms in total. The summed E-state index contributed by atoms with van der Waals surface area (Å²) in [6, 6.07) is 5.97. The van der Waals surface area contributed by atoms with Crippen molar-refractivity contribution in [2.75, 3.05) is 0 Å². The lowest BCUT2D eigenvalue weighted by Gasteiger charge is -2.15. The second-order valence-electron chi connectivity index (χ2n) is 5.89. The summed E-state index contributed by atoms with van der Waals surface area (Å²) in [6.07, 6.45) is 5.53. The van der Waals surface area contributed by atoms with Gasteiger partial charge in [-0.05, 0) is 43.4 Å². The molecule has 1 amide bonds. The van der Waals surface area contributed by atoms with Gasteiger partial charge in [0.15, 0.2) is 5.43 Å². The van der Waals surface area contributed by atoms with E-state index in [4.69, 9.17) is 0 Å². The first-order valence-corrected chi connectivity index (χ1v) is 7.87. The van der Waals surface area contributed by atoms with Crippen LogP contribution in [0.3, 0.4) is 0 Å². The average Bonchev–Trinajstić information content (AvgIpc) is 2.57. The van der Waals surface area contributed by atoms with Gasteiger partial charge >= 0.3 is 0 Å². The van der Waals surface area contributed by atoms with Crippen LogP contribution < -0.4 is 10.7 Å². The van der Waals surface area contributed by atoms with Gasteiger partial charge in [0.05, 0.1) is 6.42 Å². The molecular weight excluding hydrogens is 295 g/mol. The van der Waals surface area contributed by atoms with Gasteiger partial charge < -0.3 is 10.3 Å². The van der Waals surface area contributed by atoms with E-state index in [2.05, 4.69) is 10.3 Å². The predicted octanol–water partition coefficient (Wildman–Crippen LogP) is 2.25. The molecule has 0 saturated heterocycles. The van der Waals surface area contributed by atoms with Crippen molar-refractivity contribution >= 4 is 5.91 Å². The molecule has 2 aromatic rings. The molecular formula is C18H19FN2O2. The summed E-state index contributed by atoms with van der Waals surface area (Å²) in [5.74, 6) is -0.517. The Morgan fingerprint density at radius 1 is 1.17 bits per heavy atom. The maximum Gasteiger partial charge on any atom is 0.224 e. The number of amides is 1. The number of H-pyrrole nitrogens is 1. The molecule has 2 N–H and O–H groups in total. The van der Waals surface area contributed by atoms with E-state index in [1.807, 2.05) is 0 Å². The zero-order valence-electron chi connectivity index (χ0n) is 12.8. The SMILES string of the molecule is O=C(Cc1c[nH]c2c(c1=O)CCCC2)NCc1ccc(F)cc1. The summed E-state index contributed by atoms with van der Waals surface area (Å²) in [6.45, 7) is 0.321. The van der Waals surface area contributed by atoms with Crippen LogP contribution >= 0.6 is 0 Å². The van der Waals surface area contributed by atoms with Crippen molar-refractivity contribution in [1.29, 1.82) is 0 Å². The summed E-state index contributed by atoms with van der Waals surface area (Å²) in [7, 11) is 0. The minimum absolute atomic E-state index is 0.00428. The number of aromatic amines is 1. The highest BCUT2D eigenvalue weighted by molar-refractivity contribution is 5.78. The molecule has 0 saturated carbocycles. The van der Waals surface area contributed by atoms with Crippen molar-refractivity contribution in [3.63, 3.8) is 0 Å². The fourth-order valence-corrected chi connectivity index (χ4v) is 2.92. The highest BCUT2D eigenvalue weighted by Gasteiger charge is 2.16. The predicted molar refractivity (Wildman–Crippen MR) is 85.7 cm³/mol. The Balaban J connectivity index is 1.64. The quantitative estimate of drug-likeness (QED) is 0.909. The number of pyridine rings is 1. The summed E-state index contributed by atoms with van der Waals surface area (Å²) in [5.41, 5.74) is 3.16. The monoisotopic (exact) mass is 314 g/mol. The Morgan fingerprint density at radius 3 is 2.70 bits per heavy atom. The zero-order valence-corrected chi connectivity index (χ0v) is 12.8. The highest BCUT2D eigenvalue weighted by atomic mass is 19.1. The van der Waals surface area contributed by atoms with Crippen LogP contribution in [0, 0.1) is 5.82 Å². The van der Waals surface area contributed by atoms with Crippen molar-refractivity contribution < 1.29 is 9.18 Å². The summed E-state index contributed by atoms with van der Waals surface area (Å²) in [5, 5.41) is 2.76. The van der Waals surface area contributed by atoms with Gasteiger partial charge in [0.2, 0.25) is 5.91 Å². The van der Waals surface area contributed by atoms with Gasteiger partial charge in [-0.3, -0.25) is 9.59 Å². The first kappa shape index (κ1) is 15.5. The van der Waals surface area contributed by atoms with E-state index in [1.54, 1.807) is 18.3 Å². The first-order valence-electron chi connectivity index (χ1n) is 7.87. The maximum atomic E-state index is 12.8. The van der Waals surface area contributed by atoms with Crippen LogP contribution in [0.15, 0.2) is 35.3 Å². The van der Waals surface area contributed by atoms with E-state index in [0.29, 0.717) is 12.1 Å². The smallest absolute Gasteiger partial charge is 0.224 e. The van der Waals surface area contributed by atoms with Gasteiger partial charge in [0, 0.05) is 29.6 Å². The van der Waals surface area contributed by atoms with Crippen LogP contribution in [0.25, 0.3) is 0 Å². The number of aryl methyl sites for hydroxylation is 1. The lowest BCUT2D eigenvalue weighted by molar-refractivity contribution is -0.120. The minimum atomic E-state index is -0.305. The van der Waals surface area contributed by atoms with Gasteiger partial charge in [0.1, 0.15) is 5.82 Å². The topological polar surface area (TPSA) is 62.0 Å². The van der Waals surface area contributed by atoms with Crippen LogP contribution in [0.5, 0.6) is 0 Å². The number of nitrogens with one attached hydrogen (secondary N) is 2. The second-order valence-corrected chi connectivity index (χ2v) is 5.89. The Hall–Kier alpha value is -2.43. The van der Waals surface area contributed by atoms with E-state index in [1.165, 1.54) is 12.1 Å². The van der Waals surface area contributed by atoms with E-state index >= 15 is 0 Å². The molecule has 120 valence electrons.